The molecule has 10 heteroatoms. The number of rotatable bonds is 5. The smallest absolute Gasteiger partial charge is 0.269 e. The van der Waals surface area contributed by atoms with Crippen molar-refractivity contribution in [1.82, 2.24) is 20.7 Å². The Morgan fingerprint density at radius 3 is 2.62 bits per heavy atom. The summed E-state index contributed by atoms with van der Waals surface area (Å²) >= 11 is 12.5. The van der Waals surface area contributed by atoms with E-state index >= 15 is 0 Å². The van der Waals surface area contributed by atoms with Gasteiger partial charge in [-0.2, -0.15) is 0 Å². The van der Waals surface area contributed by atoms with Crippen molar-refractivity contribution >= 4 is 63.7 Å². The number of nitrogens with zero attached hydrogens (tertiary/aromatic N) is 2. The molecule has 3 rings (SSSR count). The van der Waals surface area contributed by atoms with Crippen molar-refractivity contribution in [2.24, 2.45) is 0 Å². The maximum absolute atomic E-state index is 12.6. The van der Waals surface area contributed by atoms with E-state index in [1.165, 1.54) is 29.4 Å². The van der Waals surface area contributed by atoms with Gasteiger partial charge in [0.15, 0.2) is 0 Å². The zero-order chi connectivity index (χ0) is 20.8. The van der Waals surface area contributed by atoms with Gasteiger partial charge in [-0.3, -0.25) is 35.1 Å². The molecule has 2 heterocycles. The van der Waals surface area contributed by atoms with Crippen LogP contribution < -0.4 is 10.9 Å². The van der Waals surface area contributed by atoms with E-state index in [4.69, 9.17) is 23.8 Å². The van der Waals surface area contributed by atoms with E-state index in [9.17, 15) is 14.4 Å². The highest BCUT2D eigenvalue weighted by Gasteiger charge is 2.32. The summed E-state index contributed by atoms with van der Waals surface area (Å²) in [4.78, 5) is 42.1. The normalized spacial score (nSPS) is 14.9. The Labute approximate surface area is 181 Å². The number of thiocarbonyl (C=S) groups is 1. The number of hydrogen-bond donors (Lipinski definition) is 2. The Morgan fingerprint density at radius 2 is 1.90 bits per heavy atom. The Bertz CT molecular complexity index is 998. The van der Waals surface area contributed by atoms with Crippen LogP contribution in [0.15, 0.2) is 53.7 Å². The second-order valence-corrected chi connectivity index (χ2v) is 7.93. The van der Waals surface area contributed by atoms with E-state index in [1.807, 2.05) is 6.07 Å². The average molecular weight is 447 g/mol. The lowest BCUT2D eigenvalue weighted by atomic mass is 10.2. The molecule has 3 amide bonds. The molecule has 0 unspecified atom stereocenters. The molecule has 0 spiro atoms. The van der Waals surface area contributed by atoms with Crippen molar-refractivity contribution in [3.05, 3.63) is 69.8 Å². The maximum atomic E-state index is 12.6. The van der Waals surface area contributed by atoms with Gasteiger partial charge in [0.1, 0.15) is 4.32 Å². The molecular formula is C19H15ClN4O3S2. The number of nitrogens with one attached hydrogen (secondary N) is 2. The Hall–Kier alpha value is -2.75. The second kappa shape index (κ2) is 9.64. The SMILES string of the molecule is O=C(CCN1C(=O)/C(=C/c2ccccc2Cl)SC1=S)NNC(=O)c1ccncc1. The molecule has 1 saturated heterocycles. The molecule has 2 N–H and O–H groups in total. The van der Waals surface area contributed by atoms with Gasteiger partial charge in [0, 0.05) is 35.9 Å². The van der Waals surface area contributed by atoms with Crippen molar-refractivity contribution in [3.8, 4) is 0 Å². The van der Waals surface area contributed by atoms with Gasteiger partial charge in [-0.1, -0.05) is 53.8 Å². The van der Waals surface area contributed by atoms with E-state index < -0.39 is 11.8 Å². The number of carbonyl (C=O) groups is 3. The van der Waals surface area contributed by atoms with Crippen LogP contribution in [0.25, 0.3) is 6.08 Å². The van der Waals surface area contributed by atoms with Crippen molar-refractivity contribution in [3.63, 3.8) is 0 Å². The Balaban J connectivity index is 1.53. The molecule has 7 nitrogen and oxygen atoms in total. The van der Waals surface area contributed by atoms with Gasteiger partial charge >= 0.3 is 0 Å². The molecule has 148 valence electrons. The molecule has 1 aromatic heterocycles. The first-order chi connectivity index (χ1) is 14.0. The Kier molecular flexibility index (Phi) is 6.97. The minimum atomic E-state index is -0.464. The Morgan fingerprint density at radius 1 is 1.17 bits per heavy atom. The minimum Gasteiger partial charge on any atom is -0.292 e. The van der Waals surface area contributed by atoms with Gasteiger partial charge in [0.25, 0.3) is 11.8 Å². The molecule has 0 saturated carbocycles. The lowest BCUT2D eigenvalue weighted by Crippen LogP contribution is -2.43. The van der Waals surface area contributed by atoms with Crippen molar-refractivity contribution in [1.29, 1.82) is 0 Å². The fraction of sp³-hybridized carbons (Fsp3) is 0.105. The largest absolute Gasteiger partial charge is 0.292 e. The van der Waals surface area contributed by atoms with Crippen molar-refractivity contribution < 1.29 is 14.4 Å². The predicted octanol–water partition coefficient (Wildman–Crippen LogP) is 2.79. The third-order valence-corrected chi connectivity index (χ3v) is 5.61. The molecule has 1 aromatic carbocycles. The fourth-order valence-electron chi connectivity index (χ4n) is 2.40. The topological polar surface area (TPSA) is 91.4 Å². The van der Waals surface area contributed by atoms with E-state index in [0.717, 1.165) is 11.8 Å². The number of amides is 3. The third kappa shape index (κ3) is 5.41. The molecule has 29 heavy (non-hydrogen) atoms. The summed E-state index contributed by atoms with van der Waals surface area (Å²) in [5.41, 5.74) is 5.70. The maximum Gasteiger partial charge on any atom is 0.269 e. The quantitative estimate of drug-likeness (QED) is 0.417. The van der Waals surface area contributed by atoms with Crippen LogP contribution in [0, 0.1) is 0 Å². The molecule has 2 aromatic rings. The number of halogens is 1. The molecule has 0 radical (unpaired) electrons. The second-order valence-electron chi connectivity index (χ2n) is 5.84. The summed E-state index contributed by atoms with van der Waals surface area (Å²) in [6, 6.07) is 10.2. The fourth-order valence-corrected chi connectivity index (χ4v) is 3.89. The summed E-state index contributed by atoms with van der Waals surface area (Å²) in [5.74, 6) is -1.20. The number of pyridine rings is 1. The number of thioether (sulfide) groups is 1. The molecule has 0 bridgehead atoms. The molecule has 1 fully saturated rings. The van der Waals surface area contributed by atoms with Gasteiger partial charge in [-0.15, -0.1) is 0 Å². The van der Waals surface area contributed by atoms with Gasteiger partial charge in [0.2, 0.25) is 5.91 Å². The van der Waals surface area contributed by atoms with Crippen LogP contribution in [0.1, 0.15) is 22.3 Å². The van der Waals surface area contributed by atoms with Gasteiger partial charge < -0.3 is 0 Å². The van der Waals surface area contributed by atoms with Crippen LogP contribution in [0.2, 0.25) is 5.02 Å². The van der Waals surface area contributed by atoms with Gasteiger partial charge in [-0.25, -0.2) is 0 Å². The van der Waals surface area contributed by atoms with E-state index in [2.05, 4.69) is 15.8 Å². The lowest BCUT2D eigenvalue weighted by Gasteiger charge is -2.14. The van der Waals surface area contributed by atoms with Crippen LogP contribution in [-0.2, 0) is 9.59 Å². The van der Waals surface area contributed by atoms with E-state index in [1.54, 1.807) is 24.3 Å². The zero-order valence-electron chi connectivity index (χ0n) is 14.9. The molecule has 1 aliphatic heterocycles. The first kappa shape index (κ1) is 21.0. The highest BCUT2D eigenvalue weighted by atomic mass is 35.5. The van der Waals surface area contributed by atoms with E-state index in [0.29, 0.717) is 25.4 Å². The zero-order valence-corrected chi connectivity index (χ0v) is 17.3. The van der Waals surface area contributed by atoms with Crippen LogP contribution >= 0.6 is 35.6 Å². The number of aromatic nitrogens is 1. The average Bonchev–Trinajstić information content (AvgIpc) is 2.99. The van der Waals surface area contributed by atoms with Crippen molar-refractivity contribution in [2.45, 2.75) is 6.42 Å². The molecule has 0 aliphatic carbocycles. The molecular weight excluding hydrogens is 432 g/mol. The third-order valence-electron chi connectivity index (χ3n) is 3.89. The number of benzene rings is 1. The highest BCUT2D eigenvalue weighted by molar-refractivity contribution is 8.26. The van der Waals surface area contributed by atoms with Crippen LogP contribution in [0.3, 0.4) is 0 Å². The standard InChI is InChI=1S/C19H15ClN4O3S2/c20-14-4-2-1-3-13(14)11-15-18(27)24(19(28)29-15)10-7-16(25)22-23-17(26)12-5-8-21-9-6-12/h1-6,8-9,11H,7,10H2,(H,22,25)(H,23,26)/b15-11-. The molecule has 1 aliphatic rings. The minimum absolute atomic E-state index is 0.0254. The first-order valence-corrected chi connectivity index (χ1v) is 10.0. The molecule has 0 atom stereocenters. The summed E-state index contributed by atoms with van der Waals surface area (Å²) in [5, 5.41) is 0.530. The number of carbonyl (C=O) groups excluding carboxylic acids is 3. The van der Waals surface area contributed by atoms with Crippen LogP contribution in [-0.4, -0.2) is 38.5 Å². The monoisotopic (exact) mass is 446 g/mol. The van der Waals surface area contributed by atoms with E-state index in [-0.39, 0.29) is 18.9 Å². The van der Waals surface area contributed by atoms with Crippen molar-refractivity contribution in [2.75, 3.05) is 6.54 Å². The lowest BCUT2D eigenvalue weighted by molar-refractivity contribution is -0.124. The van der Waals surface area contributed by atoms with Crippen LogP contribution in [0.5, 0.6) is 0 Å². The number of hydrazine groups is 1. The number of hydrogen-bond acceptors (Lipinski definition) is 6. The summed E-state index contributed by atoms with van der Waals surface area (Å²) < 4.78 is 0.363. The highest BCUT2D eigenvalue weighted by Crippen LogP contribution is 2.33. The first-order valence-electron chi connectivity index (χ1n) is 8.45. The van der Waals surface area contributed by atoms with Gasteiger partial charge in [-0.05, 0) is 29.8 Å². The summed E-state index contributed by atoms with van der Waals surface area (Å²) in [6.45, 7) is 0.0987. The van der Waals surface area contributed by atoms with Crippen LogP contribution in [0.4, 0.5) is 0 Å². The predicted molar refractivity (Wildman–Crippen MR) is 116 cm³/mol. The summed E-state index contributed by atoms with van der Waals surface area (Å²) in [6.07, 6.45) is 4.60. The summed E-state index contributed by atoms with van der Waals surface area (Å²) in [7, 11) is 0. The van der Waals surface area contributed by atoms with Gasteiger partial charge in [0.05, 0.1) is 4.91 Å².